The molecule has 1 heterocycles. The van der Waals surface area contributed by atoms with Crippen molar-refractivity contribution in [3.05, 3.63) is 61.8 Å². The molecule has 0 amide bonds. The molecule has 0 bridgehead atoms. The zero-order valence-electron chi connectivity index (χ0n) is 9.29. The number of nitro benzene ring substituents is 1. The third kappa shape index (κ3) is 3.01. The van der Waals surface area contributed by atoms with E-state index in [2.05, 4.69) is 19.1 Å². The van der Waals surface area contributed by atoms with Gasteiger partial charge >= 0.3 is 0 Å². The van der Waals surface area contributed by atoms with E-state index < -0.39 is 4.92 Å². The number of benzene rings is 1. The van der Waals surface area contributed by atoms with E-state index in [1.54, 1.807) is 23.5 Å². The lowest BCUT2D eigenvalue weighted by atomic mass is 10.2. The maximum Gasteiger partial charge on any atom is 0.269 e. The van der Waals surface area contributed by atoms with E-state index >= 15 is 0 Å². The van der Waals surface area contributed by atoms with Crippen LogP contribution in [0.3, 0.4) is 0 Å². The Balaban J connectivity index is 2.13. The lowest BCUT2D eigenvalue weighted by Crippen LogP contribution is -1.86. The van der Waals surface area contributed by atoms with Gasteiger partial charge in [-0.3, -0.25) is 10.1 Å². The Labute approximate surface area is 103 Å². The molecule has 0 saturated carbocycles. The molecule has 0 saturated heterocycles. The molecule has 0 fully saturated rings. The number of rotatable bonds is 3. The molecular weight excluding hydrogens is 234 g/mol. The highest BCUT2D eigenvalue weighted by atomic mass is 32.1. The van der Waals surface area contributed by atoms with Crippen molar-refractivity contribution < 1.29 is 4.92 Å². The Bertz CT molecular complexity index is 555. The van der Waals surface area contributed by atoms with Crippen molar-refractivity contribution in [2.45, 2.75) is 6.92 Å². The lowest BCUT2D eigenvalue weighted by Gasteiger charge is -1.93. The monoisotopic (exact) mass is 245 g/mol. The highest BCUT2D eigenvalue weighted by Crippen LogP contribution is 2.19. The van der Waals surface area contributed by atoms with Gasteiger partial charge in [-0.05, 0) is 42.8 Å². The summed E-state index contributed by atoms with van der Waals surface area (Å²) in [5, 5.41) is 10.5. The zero-order valence-corrected chi connectivity index (χ0v) is 10.1. The predicted molar refractivity (Wildman–Crippen MR) is 71.1 cm³/mol. The van der Waals surface area contributed by atoms with Gasteiger partial charge in [0.25, 0.3) is 5.69 Å². The van der Waals surface area contributed by atoms with Gasteiger partial charge < -0.3 is 0 Å². The van der Waals surface area contributed by atoms with Gasteiger partial charge in [0, 0.05) is 21.9 Å². The van der Waals surface area contributed by atoms with Crippen molar-refractivity contribution in [1.82, 2.24) is 0 Å². The molecule has 17 heavy (non-hydrogen) atoms. The van der Waals surface area contributed by atoms with Crippen LogP contribution in [0, 0.1) is 17.0 Å². The standard InChI is InChI=1S/C13H11NO2S/c1-10-2-8-13(17-10)9-5-11-3-6-12(7-4-11)14(15)16/h2-9H,1H3/b9-5+. The molecule has 0 atom stereocenters. The highest BCUT2D eigenvalue weighted by Gasteiger charge is 2.02. The average molecular weight is 245 g/mol. The molecule has 2 aromatic rings. The third-order valence-electron chi connectivity index (χ3n) is 2.31. The molecule has 4 heteroatoms. The van der Waals surface area contributed by atoms with Crippen LogP contribution in [0.25, 0.3) is 12.2 Å². The summed E-state index contributed by atoms with van der Waals surface area (Å²) in [6.45, 7) is 2.06. The third-order valence-corrected chi connectivity index (χ3v) is 3.27. The van der Waals surface area contributed by atoms with E-state index in [0.717, 1.165) is 5.56 Å². The molecule has 1 aromatic carbocycles. The van der Waals surface area contributed by atoms with Gasteiger partial charge in [-0.2, -0.15) is 0 Å². The van der Waals surface area contributed by atoms with Crippen LogP contribution in [0.5, 0.6) is 0 Å². The van der Waals surface area contributed by atoms with Crippen LogP contribution in [0.2, 0.25) is 0 Å². The molecule has 0 aliphatic carbocycles. The van der Waals surface area contributed by atoms with Crippen LogP contribution in [0.15, 0.2) is 36.4 Å². The fourth-order valence-corrected chi connectivity index (χ4v) is 2.21. The summed E-state index contributed by atoms with van der Waals surface area (Å²) in [6, 6.07) is 10.6. The summed E-state index contributed by atoms with van der Waals surface area (Å²) in [6.07, 6.45) is 3.97. The van der Waals surface area contributed by atoms with Crippen LogP contribution in [-0.4, -0.2) is 4.92 Å². The van der Waals surface area contributed by atoms with E-state index in [4.69, 9.17) is 0 Å². The van der Waals surface area contributed by atoms with Gasteiger partial charge in [-0.1, -0.05) is 6.08 Å². The van der Waals surface area contributed by atoms with Crippen LogP contribution >= 0.6 is 11.3 Å². The molecule has 0 radical (unpaired) electrons. The molecule has 0 N–H and O–H groups in total. The molecule has 3 nitrogen and oxygen atoms in total. The first-order chi connectivity index (χ1) is 8.15. The van der Waals surface area contributed by atoms with Gasteiger partial charge in [0.2, 0.25) is 0 Å². The van der Waals surface area contributed by atoms with Crippen LogP contribution in [0.1, 0.15) is 15.3 Å². The second kappa shape index (κ2) is 4.93. The number of thiophene rings is 1. The van der Waals surface area contributed by atoms with Gasteiger partial charge in [-0.15, -0.1) is 11.3 Å². The summed E-state index contributed by atoms with van der Waals surface area (Å²) in [5.74, 6) is 0. The average Bonchev–Trinajstić information content (AvgIpc) is 2.73. The Morgan fingerprint density at radius 3 is 2.35 bits per heavy atom. The fourth-order valence-electron chi connectivity index (χ4n) is 1.43. The number of nitro groups is 1. The summed E-state index contributed by atoms with van der Waals surface area (Å²) in [7, 11) is 0. The summed E-state index contributed by atoms with van der Waals surface area (Å²) >= 11 is 1.72. The zero-order chi connectivity index (χ0) is 12.3. The summed E-state index contributed by atoms with van der Waals surface area (Å²) in [5.41, 5.74) is 1.08. The molecule has 0 aliphatic rings. The number of hydrogen-bond donors (Lipinski definition) is 0. The lowest BCUT2D eigenvalue weighted by molar-refractivity contribution is -0.384. The van der Waals surface area contributed by atoms with Crippen LogP contribution in [-0.2, 0) is 0 Å². The molecular formula is C13H11NO2S. The number of non-ortho nitro benzene ring substituents is 1. The highest BCUT2D eigenvalue weighted by molar-refractivity contribution is 7.12. The second-order valence-electron chi connectivity index (χ2n) is 3.63. The van der Waals surface area contributed by atoms with Gasteiger partial charge in [-0.25, -0.2) is 0 Å². The van der Waals surface area contributed by atoms with Crippen molar-refractivity contribution in [3.63, 3.8) is 0 Å². The first-order valence-electron chi connectivity index (χ1n) is 5.14. The number of aryl methyl sites for hydroxylation is 1. The van der Waals surface area contributed by atoms with Crippen molar-refractivity contribution >= 4 is 29.2 Å². The van der Waals surface area contributed by atoms with E-state index in [1.807, 2.05) is 12.2 Å². The normalized spacial score (nSPS) is 10.9. The van der Waals surface area contributed by atoms with E-state index in [-0.39, 0.29) is 5.69 Å². The Kier molecular flexibility index (Phi) is 3.35. The van der Waals surface area contributed by atoms with Crippen molar-refractivity contribution in [2.24, 2.45) is 0 Å². The smallest absolute Gasteiger partial charge is 0.258 e. The Hall–Kier alpha value is -1.94. The molecule has 86 valence electrons. The Morgan fingerprint density at radius 2 is 1.82 bits per heavy atom. The van der Waals surface area contributed by atoms with Gasteiger partial charge in [0.05, 0.1) is 4.92 Å². The minimum atomic E-state index is -0.393. The molecule has 1 aromatic heterocycles. The first-order valence-corrected chi connectivity index (χ1v) is 5.96. The van der Waals surface area contributed by atoms with Crippen molar-refractivity contribution in [1.29, 1.82) is 0 Å². The molecule has 0 aliphatic heterocycles. The van der Waals surface area contributed by atoms with E-state index in [0.29, 0.717) is 0 Å². The van der Waals surface area contributed by atoms with Crippen LogP contribution in [0.4, 0.5) is 5.69 Å². The minimum Gasteiger partial charge on any atom is -0.258 e. The summed E-state index contributed by atoms with van der Waals surface area (Å²) in [4.78, 5) is 12.5. The predicted octanol–water partition coefficient (Wildman–Crippen LogP) is 4.14. The maximum atomic E-state index is 10.5. The van der Waals surface area contributed by atoms with Crippen molar-refractivity contribution in [3.8, 4) is 0 Å². The van der Waals surface area contributed by atoms with E-state index in [9.17, 15) is 10.1 Å². The van der Waals surface area contributed by atoms with E-state index in [1.165, 1.54) is 21.9 Å². The molecule has 0 unspecified atom stereocenters. The SMILES string of the molecule is Cc1ccc(/C=C/c2ccc([N+](=O)[O-])cc2)s1. The maximum absolute atomic E-state index is 10.5. The first kappa shape index (κ1) is 11.5. The second-order valence-corrected chi connectivity index (χ2v) is 4.95. The topological polar surface area (TPSA) is 43.1 Å². The largest absolute Gasteiger partial charge is 0.269 e. The quantitative estimate of drug-likeness (QED) is 0.602. The Morgan fingerprint density at radius 1 is 1.12 bits per heavy atom. The summed E-state index contributed by atoms with van der Waals surface area (Å²) < 4.78 is 0. The van der Waals surface area contributed by atoms with Gasteiger partial charge in [0.1, 0.15) is 0 Å². The molecule has 0 spiro atoms. The fraction of sp³-hybridized carbons (Fsp3) is 0.0769. The minimum absolute atomic E-state index is 0.120. The molecule has 2 rings (SSSR count). The van der Waals surface area contributed by atoms with Gasteiger partial charge in [0.15, 0.2) is 0 Å². The number of nitrogens with zero attached hydrogens (tertiary/aromatic N) is 1. The van der Waals surface area contributed by atoms with Crippen LogP contribution < -0.4 is 0 Å². The number of hydrogen-bond acceptors (Lipinski definition) is 3. The van der Waals surface area contributed by atoms with Crippen molar-refractivity contribution in [2.75, 3.05) is 0 Å².